The van der Waals surface area contributed by atoms with Crippen molar-refractivity contribution in [1.29, 1.82) is 0 Å². The van der Waals surface area contributed by atoms with Gasteiger partial charge in [0.15, 0.2) is 0 Å². The number of carbonyl (C=O) groups excluding carboxylic acids is 1. The van der Waals surface area contributed by atoms with Crippen molar-refractivity contribution in [3.63, 3.8) is 0 Å². The molecule has 1 amide bonds. The number of halogens is 1. The van der Waals surface area contributed by atoms with Gasteiger partial charge in [-0.05, 0) is 59.9 Å². The number of carboxylic acids is 1. The van der Waals surface area contributed by atoms with Gasteiger partial charge in [0.05, 0.1) is 11.0 Å². The van der Waals surface area contributed by atoms with E-state index in [-0.39, 0.29) is 11.8 Å². The molecule has 2 fully saturated rings. The lowest BCUT2D eigenvalue weighted by molar-refractivity contribution is -0.149. The van der Waals surface area contributed by atoms with Crippen LogP contribution < -0.4 is 0 Å². The van der Waals surface area contributed by atoms with Crippen LogP contribution >= 0.6 is 22.6 Å². The van der Waals surface area contributed by atoms with Crippen LogP contribution in [0.3, 0.4) is 0 Å². The van der Waals surface area contributed by atoms with Crippen LogP contribution in [0.5, 0.6) is 0 Å². The Balaban J connectivity index is 1.90. The first-order chi connectivity index (χ1) is 9.95. The summed E-state index contributed by atoms with van der Waals surface area (Å²) in [6, 6.07) is 5.79. The fraction of sp³-hybridized carbons (Fsp3) is 0.500. The minimum absolute atomic E-state index is 0.0208. The van der Waals surface area contributed by atoms with Gasteiger partial charge in [-0.3, -0.25) is 9.59 Å². The topological polar surface area (TPSA) is 57.6 Å². The highest BCUT2D eigenvalue weighted by molar-refractivity contribution is 14.1. The molecule has 0 bridgehead atoms. The lowest BCUT2D eigenvalue weighted by Crippen LogP contribution is -2.37. The van der Waals surface area contributed by atoms with E-state index in [0.717, 1.165) is 27.5 Å². The lowest BCUT2D eigenvalue weighted by Gasteiger charge is -2.23. The quantitative estimate of drug-likeness (QED) is 0.779. The average molecular weight is 399 g/mol. The molecule has 0 spiro atoms. The summed E-state index contributed by atoms with van der Waals surface area (Å²) < 4.78 is 0.930. The first kappa shape index (κ1) is 14.8. The summed E-state index contributed by atoms with van der Waals surface area (Å²) in [7, 11) is 0. The number of carbonyl (C=O) groups is 2. The Morgan fingerprint density at radius 1 is 1.43 bits per heavy atom. The van der Waals surface area contributed by atoms with Gasteiger partial charge in [0.25, 0.3) is 5.91 Å². The number of carboxylic acid groups (broad SMARTS) is 1. The molecule has 1 aromatic carbocycles. The fourth-order valence-electron chi connectivity index (χ4n) is 3.85. The van der Waals surface area contributed by atoms with Crippen LogP contribution in [0.25, 0.3) is 0 Å². The molecule has 0 radical (unpaired) electrons. The third kappa shape index (κ3) is 2.25. The van der Waals surface area contributed by atoms with E-state index in [1.165, 1.54) is 0 Å². The molecular formula is C16H18INO3. The summed E-state index contributed by atoms with van der Waals surface area (Å²) in [5.41, 5.74) is 0.969. The normalized spacial score (nSPS) is 27.7. The molecule has 1 aliphatic heterocycles. The molecule has 1 heterocycles. The van der Waals surface area contributed by atoms with Gasteiger partial charge in [-0.25, -0.2) is 0 Å². The molecule has 0 unspecified atom stereocenters. The minimum atomic E-state index is -0.736. The van der Waals surface area contributed by atoms with Gasteiger partial charge in [0, 0.05) is 16.7 Å². The van der Waals surface area contributed by atoms with Gasteiger partial charge in [-0.15, -0.1) is 0 Å². The summed E-state index contributed by atoms with van der Waals surface area (Å²) in [5.74, 6) is -0.645. The van der Waals surface area contributed by atoms with E-state index >= 15 is 0 Å². The smallest absolute Gasteiger partial charge is 0.311 e. The van der Waals surface area contributed by atoms with E-state index < -0.39 is 11.4 Å². The molecule has 21 heavy (non-hydrogen) atoms. The van der Waals surface area contributed by atoms with Crippen LogP contribution in [0.4, 0.5) is 0 Å². The van der Waals surface area contributed by atoms with Crippen LogP contribution in [0.1, 0.15) is 35.2 Å². The SMILES string of the molecule is Cc1cccc(I)c1C(=O)N1C[C@@H]2CCC[C@@]2(C(=O)O)C1. The van der Waals surface area contributed by atoms with Gasteiger partial charge < -0.3 is 10.0 Å². The predicted octanol–water partition coefficient (Wildman–Crippen LogP) is 2.93. The van der Waals surface area contributed by atoms with E-state index in [1.54, 1.807) is 4.90 Å². The molecule has 2 atom stereocenters. The zero-order valence-corrected chi connectivity index (χ0v) is 14.1. The van der Waals surface area contributed by atoms with Crippen molar-refractivity contribution in [3.8, 4) is 0 Å². The van der Waals surface area contributed by atoms with Crippen molar-refractivity contribution >= 4 is 34.5 Å². The van der Waals surface area contributed by atoms with Crippen LogP contribution in [0, 0.1) is 21.8 Å². The van der Waals surface area contributed by atoms with Gasteiger partial charge in [-0.1, -0.05) is 18.6 Å². The first-order valence-electron chi connectivity index (χ1n) is 7.23. The maximum absolute atomic E-state index is 12.8. The van der Waals surface area contributed by atoms with Crippen LogP contribution in [-0.2, 0) is 4.79 Å². The Morgan fingerprint density at radius 2 is 2.19 bits per heavy atom. The number of nitrogens with zero attached hydrogens (tertiary/aromatic N) is 1. The molecule has 4 nitrogen and oxygen atoms in total. The number of likely N-dealkylation sites (tertiary alicyclic amines) is 1. The molecule has 1 saturated heterocycles. The number of rotatable bonds is 2. The number of fused-ring (bicyclic) bond motifs is 1. The molecule has 0 aromatic heterocycles. The third-order valence-electron chi connectivity index (χ3n) is 5.02. The molecule has 3 rings (SSSR count). The molecule has 1 N–H and O–H groups in total. The molecular weight excluding hydrogens is 381 g/mol. The zero-order valence-electron chi connectivity index (χ0n) is 11.9. The Morgan fingerprint density at radius 3 is 2.81 bits per heavy atom. The zero-order chi connectivity index (χ0) is 15.2. The Hall–Kier alpha value is -1.11. The maximum Gasteiger partial charge on any atom is 0.311 e. The van der Waals surface area contributed by atoms with Gasteiger partial charge in [0.2, 0.25) is 0 Å². The van der Waals surface area contributed by atoms with E-state index in [2.05, 4.69) is 22.6 Å². The predicted molar refractivity (Wildman–Crippen MR) is 87.2 cm³/mol. The number of hydrogen-bond acceptors (Lipinski definition) is 2. The standard InChI is InChI=1S/C16H18INO3/c1-10-4-2-6-12(17)13(10)14(19)18-8-11-5-3-7-16(11,9-18)15(20)21/h2,4,6,11H,3,5,7-9H2,1H3,(H,20,21)/t11-,16+/m0/s1. The van der Waals surface area contributed by atoms with E-state index in [4.69, 9.17) is 0 Å². The second kappa shape index (κ2) is 5.26. The van der Waals surface area contributed by atoms with Crippen molar-refractivity contribution in [2.24, 2.45) is 11.3 Å². The second-order valence-electron chi connectivity index (χ2n) is 6.17. The van der Waals surface area contributed by atoms with Crippen molar-refractivity contribution < 1.29 is 14.7 Å². The van der Waals surface area contributed by atoms with Crippen molar-refractivity contribution in [2.75, 3.05) is 13.1 Å². The largest absolute Gasteiger partial charge is 0.481 e. The number of amides is 1. The summed E-state index contributed by atoms with van der Waals surface area (Å²) in [4.78, 5) is 26.3. The Bertz CT molecular complexity index is 595. The highest BCUT2D eigenvalue weighted by atomic mass is 127. The summed E-state index contributed by atoms with van der Waals surface area (Å²) in [6.45, 7) is 2.87. The van der Waals surface area contributed by atoms with Crippen LogP contribution in [0.15, 0.2) is 18.2 Å². The second-order valence-corrected chi connectivity index (χ2v) is 7.33. The number of hydrogen-bond donors (Lipinski definition) is 1. The molecule has 1 aliphatic carbocycles. The van der Waals surface area contributed by atoms with Crippen molar-refractivity contribution in [1.82, 2.24) is 4.90 Å². The molecule has 112 valence electrons. The van der Waals surface area contributed by atoms with Crippen LogP contribution in [0.2, 0.25) is 0 Å². The first-order valence-corrected chi connectivity index (χ1v) is 8.31. The Labute approximate surface area is 137 Å². The summed E-state index contributed by atoms with van der Waals surface area (Å²) >= 11 is 2.17. The highest BCUT2D eigenvalue weighted by Gasteiger charge is 2.55. The number of benzene rings is 1. The van der Waals surface area contributed by atoms with Gasteiger partial charge in [-0.2, -0.15) is 0 Å². The average Bonchev–Trinajstić information content (AvgIpc) is 2.95. The fourth-order valence-corrected chi connectivity index (χ4v) is 4.72. The number of aryl methyl sites for hydroxylation is 1. The van der Waals surface area contributed by atoms with Crippen LogP contribution in [-0.4, -0.2) is 35.0 Å². The van der Waals surface area contributed by atoms with Gasteiger partial charge in [0.1, 0.15) is 0 Å². The third-order valence-corrected chi connectivity index (χ3v) is 5.92. The van der Waals surface area contributed by atoms with Gasteiger partial charge >= 0.3 is 5.97 Å². The minimum Gasteiger partial charge on any atom is -0.481 e. The highest BCUT2D eigenvalue weighted by Crippen LogP contribution is 2.49. The summed E-state index contributed by atoms with van der Waals surface area (Å²) in [5, 5.41) is 9.61. The molecule has 1 aromatic rings. The molecule has 1 saturated carbocycles. The van der Waals surface area contributed by atoms with E-state index in [0.29, 0.717) is 19.5 Å². The number of aliphatic carboxylic acids is 1. The molecule has 2 aliphatic rings. The summed E-state index contributed by atoms with van der Waals surface area (Å²) in [6.07, 6.45) is 2.57. The molecule has 5 heteroatoms. The maximum atomic E-state index is 12.8. The Kier molecular flexibility index (Phi) is 3.71. The van der Waals surface area contributed by atoms with E-state index in [9.17, 15) is 14.7 Å². The monoisotopic (exact) mass is 399 g/mol. The van der Waals surface area contributed by atoms with Crippen molar-refractivity contribution in [2.45, 2.75) is 26.2 Å². The van der Waals surface area contributed by atoms with Crippen molar-refractivity contribution in [3.05, 3.63) is 32.9 Å². The lowest BCUT2D eigenvalue weighted by atomic mass is 9.81. The van der Waals surface area contributed by atoms with E-state index in [1.807, 2.05) is 25.1 Å².